The molecule has 2 unspecified atom stereocenters. The molecule has 11 aromatic rings. The number of fused-ring (bicyclic) bond motifs is 7. The van der Waals surface area contributed by atoms with Crippen molar-refractivity contribution < 1.29 is 4.42 Å². The Morgan fingerprint density at radius 2 is 0.868 bits per heavy atom. The number of nitrogens with zero attached hydrogens (tertiary/aromatic N) is 4. The number of hydrogen-bond acceptors (Lipinski definition) is 5. The van der Waals surface area contributed by atoms with E-state index in [2.05, 4.69) is 235 Å². The fraction of sp³-hybridized carbons (Fsp3) is 0.0317. The van der Waals surface area contributed by atoms with E-state index in [0.717, 1.165) is 66.9 Å². The van der Waals surface area contributed by atoms with Crippen LogP contribution in [0.4, 0.5) is 11.4 Å². The first-order chi connectivity index (χ1) is 33.7. The Morgan fingerprint density at radius 3 is 1.54 bits per heavy atom. The fourth-order valence-corrected chi connectivity index (χ4v) is 10.3. The van der Waals surface area contributed by atoms with Crippen LogP contribution in [0.5, 0.6) is 0 Å². The number of furan rings is 1. The van der Waals surface area contributed by atoms with Crippen molar-refractivity contribution in [1.82, 2.24) is 15.0 Å². The molecular weight excluding hydrogens is 829 g/mol. The van der Waals surface area contributed by atoms with Crippen molar-refractivity contribution in [3.05, 3.63) is 253 Å². The standard InChI is InChI=1S/C63H42N4O/c1-4-15-41(16-5-1)44-29-31-46(32-30-44)49-22-13-24-51(40-49)67-54-27-11-10-25-52(54)58-55(67)37-38-57-60(58)59-53(26-14-28-56(59)68-57)63-65-61(47-35-33-45(34-36-47)42-17-6-2-7-18-42)64-62(66-63)50-23-12-21-48(39-50)43-19-8-3-9-20-43/h1-40,55,58H. The van der Waals surface area contributed by atoms with Crippen molar-refractivity contribution in [3.8, 4) is 78.7 Å². The van der Waals surface area contributed by atoms with Gasteiger partial charge in [0.25, 0.3) is 0 Å². The lowest BCUT2D eigenvalue weighted by atomic mass is 9.81. The molecule has 0 bridgehead atoms. The summed E-state index contributed by atoms with van der Waals surface area (Å²) in [5.74, 6) is 2.65. The maximum Gasteiger partial charge on any atom is 0.164 e. The van der Waals surface area contributed by atoms with E-state index in [1.807, 2.05) is 12.1 Å². The summed E-state index contributed by atoms with van der Waals surface area (Å²) in [5, 5.41) is 1.02. The maximum absolute atomic E-state index is 6.81. The Morgan fingerprint density at radius 1 is 0.382 bits per heavy atom. The zero-order valence-electron chi connectivity index (χ0n) is 36.9. The summed E-state index contributed by atoms with van der Waals surface area (Å²) in [6, 6.07) is 81.3. The second-order valence-electron chi connectivity index (χ2n) is 17.5. The molecule has 5 nitrogen and oxygen atoms in total. The third kappa shape index (κ3) is 6.92. The van der Waals surface area contributed by atoms with E-state index >= 15 is 0 Å². The molecule has 2 aliphatic rings. The van der Waals surface area contributed by atoms with Gasteiger partial charge < -0.3 is 9.32 Å². The lowest BCUT2D eigenvalue weighted by Gasteiger charge is -2.30. The first-order valence-electron chi connectivity index (χ1n) is 23.2. The third-order valence-electron chi connectivity index (χ3n) is 13.5. The molecule has 0 spiro atoms. The Balaban J connectivity index is 0.931. The third-order valence-corrected chi connectivity index (χ3v) is 13.5. The van der Waals surface area contributed by atoms with Gasteiger partial charge in [0.1, 0.15) is 11.3 Å². The molecule has 13 rings (SSSR count). The minimum atomic E-state index is -0.0173. The average molecular weight is 871 g/mol. The molecule has 2 atom stereocenters. The van der Waals surface area contributed by atoms with Gasteiger partial charge >= 0.3 is 0 Å². The van der Waals surface area contributed by atoms with Crippen molar-refractivity contribution >= 4 is 28.4 Å². The summed E-state index contributed by atoms with van der Waals surface area (Å²) >= 11 is 0. The molecule has 3 heterocycles. The molecular formula is C63H42N4O. The Kier molecular flexibility index (Phi) is 9.57. The number of aromatic nitrogens is 3. The van der Waals surface area contributed by atoms with Crippen molar-refractivity contribution in [2.75, 3.05) is 4.90 Å². The normalized spacial score (nSPS) is 14.7. The molecule has 1 aliphatic carbocycles. The Labute approximate surface area is 395 Å². The quantitative estimate of drug-likeness (QED) is 0.152. The zero-order valence-corrected chi connectivity index (χ0v) is 36.9. The van der Waals surface area contributed by atoms with Gasteiger partial charge in [-0.1, -0.05) is 206 Å². The number of rotatable bonds is 8. The highest BCUT2D eigenvalue weighted by molar-refractivity contribution is 6.00. The Hall–Kier alpha value is -8.93. The summed E-state index contributed by atoms with van der Waals surface area (Å²) in [6.45, 7) is 0. The van der Waals surface area contributed by atoms with Gasteiger partial charge in [-0.25, -0.2) is 15.0 Å². The van der Waals surface area contributed by atoms with Gasteiger partial charge in [-0.3, -0.25) is 0 Å². The summed E-state index contributed by atoms with van der Waals surface area (Å²) < 4.78 is 6.81. The average Bonchev–Trinajstić information content (AvgIpc) is 3.98. The number of benzene rings is 9. The summed E-state index contributed by atoms with van der Waals surface area (Å²) in [4.78, 5) is 18.4. The molecule has 9 aromatic carbocycles. The van der Waals surface area contributed by atoms with Crippen LogP contribution in [0.15, 0.2) is 241 Å². The summed E-state index contributed by atoms with van der Waals surface area (Å²) in [7, 11) is 0. The number of hydrogen-bond donors (Lipinski definition) is 0. The van der Waals surface area contributed by atoms with Gasteiger partial charge in [0.15, 0.2) is 17.5 Å². The number of para-hydroxylation sites is 1. The van der Waals surface area contributed by atoms with Gasteiger partial charge in [-0.2, -0.15) is 0 Å². The van der Waals surface area contributed by atoms with Crippen LogP contribution in [0, 0.1) is 0 Å². The molecule has 0 saturated carbocycles. The van der Waals surface area contributed by atoms with E-state index in [-0.39, 0.29) is 12.0 Å². The first-order valence-corrected chi connectivity index (χ1v) is 23.2. The second-order valence-corrected chi connectivity index (χ2v) is 17.5. The van der Waals surface area contributed by atoms with Crippen LogP contribution in [0.2, 0.25) is 0 Å². The molecule has 320 valence electrons. The largest absolute Gasteiger partial charge is 0.456 e. The SMILES string of the molecule is C1=CC2C(c3ccccc3N2c2cccc(-c3ccc(-c4ccccc4)cc3)c2)c2c1oc1cccc(-c3nc(-c4ccc(-c5ccccc5)cc4)nc(-c4cccc(-c5ccccc5)c4)n3)c21. The van der Waals surface area contributed by atoms with Crippen molar-refractivity contribution in [2.24, 2.45) is 0 Å². The monoisotopic (exact) mass is 870 g/mol. The van der Waals surface area contributed by atoms with Crippen LogP contribution in [0.25, 0.3) is 95.7 Å². The van der Waals surface area contributed by atoms with E-state index in [0.29, 0.717) is 17.5 Å². The van der Waals surface area contributed by atoms with E-state index < -0.39 is 0 Å². The molecule has 0 radical (unpaired) electrons. The van der Waals surface area contributed by atoms with Crippen LogP contribution in [-0.2, 0) is 0 Å². The molecule has 0 fully saturated rings. The highest BCUT2D eigenvalue weighted by Gasteiger charge is 2.44. The minimum absolute atomic E-state index is 0.00204. The van der Waals surface area contributed by atoms with E-state index in [9.17, 15) is 0 Å². The van der Waals surface area contributed by atoms with Gasteiger partial charge in [0.2, 0.25) is 0 Å². The lowest BCUT2D eigenvalue weighted by molar-refractivity contribution is 0.584. The van der Waals surface area contributed by atoms with Crippen LogP contribution in [-0.4, -0.2) is 21.0 Å². The van der Waals surface area contributed by atoms with Crippen LogP contribution in [0.1, 0.15) is 22.8 Å². The molecule has 5 heteroatoms. The molecule has 0 amide bonds. The van der Waals surface area contributed by atoms with Gasteiger partial charge in [0, 0.05) is 44.9 Å². The lowest BCUT2D eigenvalue weighted by Crippen LogP contribution is -2.30. The smallest absolute Gasteiger partial charge is 0.164 e. The minimum Gasteiger partial charge on any atom is -0.456 e. The first kappa shape index (κ1) is 39.4. The van der Waals surface area contributed by atoms with Crippen LogP contribution >= 0.6 is 0 Å². The van der Waals surface area contributed by atoms with Crippen molar-refractivity contribution in [3.63, 3.8) is 0 Å². The highest BCUT2D eigenvalue weighted by atomic mass is 16.3. The summed E-state index contributed by atoms with van der Waals surface area (Å²) in [5.41, 5.74) is 17.5. The second kappa shape index (κ2) is 16.5. The van der Waals surface area contributed by atoms with E-state index in [4.69, 9.17) is 19.4 Å². The van der Waals surface area contributed by atoms with Crippen LogP contribution < -0.4 is 4.90 Å². The maximum atomic E-state index is 6.81. The van der Waals surface area contributed by atoms with Gasteiger partial charge in [-0.15, -0.1) is 0 Å². The predicted octanol–water partition coefficient (Wildman–Crippen LogP) is 16.0. The molecule has 0 saturated heterocycles. The molecule has 1 aliphatic heterocycles. The molecule has 68 heavy (non-hydrogen) atoms. The molecule has 0 N–H and O–H groups in total. The van der Waals surface area contributed by atoms with Crippen LogP contribution in [0.3, 0.4) is 0 Å². The predicted molar refractivity (Wildman–Crippen MR) is 277 cm³/mol. The van der Waals surface area contributed by atoms with E-state index in [1.165, 1.54) is 33.5 Å². The van der Waals surface area contributed by atoms with Gasteiger partial charge in [-0.05, 0) is 86.5 Å². The fourth-order valence-electron chi connectivity index (χ4n) is 10.3. The number of anilines is 2. The Bertz CT molecular complexity index is 3680. The topological polar surface area (TPSA) is 55.1 Å². The van der Waals surface area contributed by atoms with Gasteiger partial charge in [0.05, 0.1) is 6.04 Å². The van der Waals surface area contributed by atoms with E-state index in [1.54, 1.807) is 0 Å². The van der Waals surface area contributed by atoms with Crippen molar-refractivity contribution in [2.45, 2.75) is 12.0 Å². The van der Waals surface area contributed by atoms with Crippen molar-refractivity contribution in [1.29, 1.82) is 0 Å². The highest BCUT2D eigenvalue weighted by Crippen LogP contribution is 2.55. The molecule has 2 aromatic heterocycles. The summed E-state index contributed by atoms with van der Waals surface area (Å²) in [6.07, 6.45) is 4.48. The zero-order chi connectivity index (χ0) is 45.0.